The molecule has 2 amide bonds. The Morgan fingerprint density at radius 3 is 2.45 bits per heavy atom. The van der Waals surface area contributed by atoms with Gasteiger partial charge in [-0.25, -0.2) is 0 Å². The second-order valence-corrected chi connectivity index (χ2v) is 11.5. The van der Waals surface area contributed by atoms with Crippen LogP contribution < -0.4 is 15.5 Å². The van der Waals surface area contributed by atoms with Crippen molar-refractivity contribution in [1.29, 1.82) is 0 Å². The number of nitrogens with zero attached hydrogens (tertiary/aromatic N) is 1. The number of carbonyl (C=O) groups is 4. The van der Waals surface area contributed by atoms with Gasteiger partial charge in [0.25, 0.3) is 5.91 Å². The maximum Gasteiger partial charge on any atom is 0.326 e. The Balaban J connectivity index is 1.66. The predicted molar refractivity (Wildman–Crippen MR) is 155 cm³/mol. The highest BCUT2D eigenvalue weighted by Gasteiger charge is 2.35. The van der Waals surface area contributed by atoms with Gasteiger partial charge < -0.3 is 14.8 Å². The van der Waals surface area contributed by atoms with Crippen molar-refractivity contribution in [2.45, 2.75) is 69.5 Å². The molecule has 1 aliphatic rings. The molecule has 0 fully saturated rings. The number of nitrogens with one attached hydrogen (secondary N) is 2. The molecule has 1 aliphatic heterocycles. The van der Waals surface area contributed by atoms with Crippen LogP contribution in [0, 0.1) is 0 Å². The number of benzene rings is 2. The van der Waals surface area contributed by atoms with E-state index < -0.39 is 29.6 Å². The third-order valence-electron chi connectivity index (χ3n) is 6.05. The number of rotatable bonds is 12. The van der Waals surface area contributed by atoms with Gasteiger partial charge in [0.1, 0.15) is 18.2 Å². The van der Waals surface area contributed by atoms with Gasteiger partial charge >= 0.3 is 11.9 Å². The van der Waals surface area contributed by atoms with E-state index in [0.717, 1.165) is 4.90 Å². The van der Waals surface area contributed by atoms with Gasteiger partial charge in [-0.2, -0.15) is 0 Å². The lowest BCUT2D eigenvalue weighted by Crippen LogP contribution is -2.54. The number of amides is 2. The number of esters is 2. The van der Waals surface area contributed by atoms with Crippen LogP contribution in [0.5, 0.6) is 0 Å². The van der Waals surface area contributed by atoms with Gasteiger partial charge in [0.05, 0.1) is 18.3 Å². The van der Waals surface area contributed by atoms with Gasteiger partial charge in [-0.1, -0.05) is 30.3 Å². The summed E-state index contributed by atoms with van der Waals surface area (Å²) in [5, 5.41) is 6.11. The lowest BCUT2D eigenvalue weighted by molar-refractivity contribution is -0.154. The molecule has 3 rings (SSSR count). The summed E-state index contributed by atoms with van der Waals surface area (Å²) >= 11 is 1.49. The van der Waals surface area contributed by atoms with Gasteiger partial charge in [0.2, 0.25) is 5.91 Å². The first-order chi connectivity index (χ1) is 19.1. The number of unbranched alkanes of at least 4 members (excludes halogenated alkanes) is 1. The third kappa shape index (κ3) is 9.38. The summed E-state index contributed by atoms with van der Waals surface area (Å²) in [6.07, 6.45) is 1.70. The minimum atomic E-state index is -0.730. The van der Waals surface area contributed by atoms with Crippen molar-refractivity contribution in [2.75, 3.05) is 30.3 Å². The molecule has 9 nitrogen and oxygen atoms in total. The van der Waals surface area contributed by atoms with Crippen LogP contribution in [-0.4, -0.2) is 66.9 Å². The average Bonchev–Trinajstić information content (AvgIpc) is 3.04. The number of hydrogen-bond acceptors (Lipinski definition) is 8. The third-order valence-corrected chi connectivity index (χ3v) is 7.20. The average molecular weight is 570 g/mol. The second-order valence-electron chi connectivity index (χ2n) is 10.4. The first-order valence-electron chi connectivity index (χ1n) is 13.6. The molecule has 0 saturated heterocycles. The lowest BCUT2D eigenvalue weighted by Gasteiger charge is -2.28. The molecule has 0 saturated carbocycles. The summed E-state index contributed by atoms with van der Waals surface area (Å²) in [5.74, 6) is -1.03. The zero-order valence-electron chi connectivity index (χ0n) is 23.6. The van der Waals surface area contributed by atoms with E-state index >= 15 is 0 Å². The van der Waals surface area contributed by atoms with Crippen molar-refractivity contribution < 1.29 is 28.7 Å². The largest absolute Gasteiger partial charge is 0.465 e. The zero-order valence-corrected chi connectivity index (χ0v) is 24.4. The standard InChI is InChI=1S/C30H39N3O6S/c1-5-38-29(37)22(15-11-12-18-31-27(35)21-13-7-6-8-14-21)32-23-20-40-25-17-10-9-16-24(25)33(28(23)36)19-26(34)39-30(2,3)4/h6-10,13-14,16-17,22-23,32H,5,11-12,15,18-20H2,1-4H3,(H,31,35)/t22-,23-/m0/s1. The Hall–Kier alpha value is -3.37. The first-order valence-corrected chi connectivity index (χ1v) is 14.6. The number of ether oxygens (including phenoxy) is 2. The smallest absolute Gasteiger partial charge is 0.326 e. The van der Waals surface area contributed by atoms with Crippen molar-refractivity contribution in [3.8, 4) is 0 Å². The van der Waals surface area contributed by atoms with E-state index in [2.05, 4.69) is 10.6 Å². The molecule has 2 N–H and O–H groups in total. The van der Waals surface area contributed by atoms with Crippen LogP contribution in [0.2, 0.25) is 0 Å². The second kappa shape index (κ2) is 14.9. The molecule has 0 radical (unpaired) electrons. The van der Waals surface area contributed by atoms with Crippen molar-refractivity contribution in [1.82, 2.24) is 10.6 Å². The van der Waals surface area contributed by atoms with Crippen LogP contribution >= 0.6 is 11.8 Å². The van der Waals surface area contributed by atoms with Crippen LogP contribution in [0.3, 0.4) is 0 Å². The quantitative estimate of drug-likeness (QED) is 0.292. The van der Waals surface area contributed by atoms with E-state index in [1.807, 2.05) is 36.4 Å². The summed E-state index contributed by atoms with van der Waals surface area (Å²) in [4.78, 5) is 53.9. The predicted octanol–water partition coefficient (Wildman–Crippen LogP) is 3.96. The maximum atomic E-state index is 13.8. The van der Waals surface area contributed by atoms with E-state index in [4.69, 9.17) is 9.47 Å². The normalized spacial score (nSPS) is 15.9. The highest BCUT2D eigenvalue weighted by atomic mass is 32.2. The van der Waals surface area contributed by atoms with Crippen molar-refractivity contribution in [3.05, 3.63) is 60.2 Å². The van der Waals surface area contributed by atoms with Crippen molar-refractivity contribution in [2.24, 2.45) is 0 Å². The van der Waals surface area contributed by atoms with Gasteiger partial charge in [-0.15, -0.1) is 11.8 Å². The Morgan fingerprint density at radius 2 is 1.75 bits per heavy atom. The molecular formula is C30H39N3O6S. The molecule has 216 valence electrons. The summed E-state index contributed by atoms with van der Waals surface area (Å²) in [7, 11) is 0. The van der Waals surface area contributed by atoms with Crippen LogP contribution in [0.25, 0.3) is 0 Å². The molecule has 40 heavy (non-hydrogen) atoms. The molecule has 0 aromatic heterocycles. The van der Waals surface area contributed by atoms with E-state index in [9.17, 15) is 19.2 Å². The molecule has 10 heteroatoms. The molecular weight excluding hydrogens is 530 g/mol. The number of fused-ring (bicyclic) bond motifs is 1. The Labute approximate surface area is 240 Å². The minimum Gasteiger partial charge on any atom is -0.465 e. The van der Waals surface area contributed by atoms with Crippen molar-refractivity contribution >= 4 is 41.2 Å². The Bertz CT molecular complexity index is 1170. The number of para-hydroxylation sites is 1. The highest BCUT2D eigenvalue weighted by molar-refractivity contribution is 7.99. The SMILES string of the molecule is CCOC(=O)[C@H](CCCCNC(=O)c1ccccc1)N[C@H]1CSc2ccccc2N(CC(=O)OC(C)(C)C)C1=O. The number of carbonyl (C=O) groups excluding carboxylic acids is 4. The molecule has 2 aromatic carbocycles. The van der Waals surface area contributed by atoms with E-state index in [-0.39, 0.29) is 25.0 Å². The van der Waals surface area contributed by atoms with E-state index in [1.54, 1.807) is 45.9 Å². The number of hydrogen-bond donors (Lipinski definition) is 2. The molecule has 2 aromatic rings. The summed E-state index contributed by atoms with van der Waals surface area (Å²) in [5.41, 5.74) is 0.539. The monoisotopic (exact) mass is 569 g/mol. The first kappa shape index (κ1) is 31.2. The van der Waals surface area contributed by atoms with Crippen molar-refractivity contribution in [3.63, 3.8) is 0 Å². The van der Waals surface area contributed by atoms with Crippen LogP contribution in [0.15, 0.2) is 59.5 Å². The lowest BCUT2D eigenvalue weighted by atomic mass is 10.1. The topological polar surface area (TPSA) is 114 Å². The summed E-state index contributed by atoms with van der Waals surface area (Å²) in [6.45, 7) is 7.51. The van der Waals surface area contributed by atoms with E-state index in [0.29, 0.717) is 42.8 Å². The molecule has 0 bridgehead atoms. The number of thioether (sulfide) groups is 1. The molecule has 0 spiro atoms. The van der Waals surface area contributed by atoms with Crippen LogP contribution in [-0.2, 0) is 23.9 Å². The van der Waals surface area contributed by atoms with Gasteiger partial charge in [0, 0.05) is 22.8 Å². The molecule has 0 unspecified atom stereocenters. The summed E-state index contributed by atoms with van der Waals surface area (Å²) < 4.78 is 10.8. The molecule has 0 aliphatic carbocycles. The fourth-order valence-electron chi connectivity index (χ4n) is 4.26. The summed E-state index contributed by atoms with van der Waals surface area (Å²) in [6, 6.07) is 14.9. The Kier molecular flexibility index (Phi) is 11.6. The fourth-order valence-corrected chi connectivity index (χ4v) is 5.35. The highest BCUT2D eigenvalue weighted by Crippen LogP contribution is 2.34. The fraction of sp³-hybridized carbons (Fsp3) is 0.467. The van der Waals surface area contributed by atoms with Gasteiger partial charge in [-0.05, 0) is 71.2 Å². The van der Waals surface area contributed by atoms with Gasteiger partial charge in [0.15, 0.2) is 0 Å². The minimum absolute atomic E-state index is 0.147. The van der Waals surface area contributed by atoms with Crippen LogP contribution in [0.4, 0.5) is 5.69 Å². The Morgan fingerprint density at radius 1 is 1.05 bits per heavy atom. The maximum absolute atomic E-state index is 13.8. The van der Waals surface area contributed by atoms with E-state index in [1.165, 1.54) is 16.7 Å². The van der Waals surface area contributed by atoms with Gasteiger partial charge in [-0.3, -0.25) is 29.4 Å². The molecule has 1 heterocycles. The van der Waals surface area contributed by atoms with Crippen LogP contribution in [0.1, 0.15) is 57.3 Å². The molecule has 2 atom stereocenters. The number of anilines is 1. The zero-order chi connectivity index (χ0) is 29.1.